The molecular weight excluding hydrogens is 203 g/mol. The third-order valence-corrected chi connectivity index (χ3v) is 2.39. The molecule has 1 atom stereocenters. The van der Waals surface area contributed by atoms with E-state index in [-0.39, 0.29) is 6.42 Å². The van der Waals surface area contributed by atoms with E-state index in [4.69, 9.17) is 4.18 Å². The van der Waals surface area contributed by atoms with Crippen LogP contribution in [0.5, 0.6) is 0 Å². The van der Waals surface area contributed by atoms with Gasteiger partial charge in [-0.1, -0.05) is 18.2 Å². The van der Waals surface area contributed by atoms with Gasteiger partial charge in [-0.2, -0.15) is 0 Å². The summed E-state index contributed by atoms with van der Waals surface area (Å²) in [4.78, 5) is 0.595. The van der Waals surface area contributed by atoms with Crippen LogP contribution in [0.1, 0.15) is 6.42 Å². The standard InChI is InChI=1S/C10H11FO2S/c11-8-4-5-9-13-14(12)10-6-2-1-3-7-10/h1-3,5-7,9H,4,8H2/b9-5-. The topological polar surface area (TPSA) is 26.3 Å². The number of alkyl halides is 1. The first kappa shape index (κ1) is 10.9. The van der Waals surface area contributed by atoms with Gasteiger partial charge in [-0.25, -0.2) is 4.21 Å². The summed E-state index contributed by atoms with van der Waals surface area (Å²) in [7, 11) is 0. The van der Waals surface area contributed by atoms with E-state index in [9.17, 15) is 8.60 Å². The Morgan fingerprint density at radius 3 is 2.71 bits per heavy atom. The Kier molecular flexibility index (Phi) is 4.93. The summed E-state index contributed by atoms with van der Waals surface area (Å²) >= 11 is -1.50. The highest BCUT2D eigenvalue weighted by molar-refractivity contribution is 7.80. The minimum Gasteiger partial charge on any atom is -0.405 e. The highest BCUT2D eigenvalue weighted by Crippen LogP contribution is 2.06. The maximum absolute atomic E-state index is 11.7. The summed E-state index contributed by atoms with van der Waals surface area (Å²) in [6.07, 6.45) is 3.05. The second-order valence-electron chi connectivity index (χ2n) is 2.49. The molecule has 0 aliphatic heterocycles. The molecule has 4 heteroatoms. The largest absolute Gasteiger partial charge is 0.405 e. The van der Waals surface area contributed by atoms with Crippen molar-refractivity contribution in [1.82, 2.24) is 0 Å². The van der Waals surface area contributed by atoms with Crippen LogP contribution < -0.4 is 0 Å². The minimum atomic E-state index is -1.50. The van der Waals surface area contributed by atoms with E-state index in [1.807, 2.05) is 6.07 Å². The number of benzene rings is 1. The Balaban J connectivity index is 2.44. The van der Waals surface area contributed by atoms with Crippen molar-refractivity contribution in [1.29, 1.82) is 0 Å². The van der Waals surface area contributed by atoms with E-state index >= 15 is 0 Å². The third kappa shape index (κ3) is 3.70. The minimum absolute atomic E-state index is 0.284. The zero-order valence-corrected chi connectivity index (χ0v) is 8.37. The maximum atomic E-state index is 11.7. The van der Waals surface area contributed by atoms with Crippen LogP contribution in [-0.4, -0.2) is 10.9 Å². The molecule has 0 fully saturated rings. The fraction of sp³-hybridized carbons (Fsp3) is 0.200. The van der Waals surface area contributed by atoms with Gasteiger partial charge in [0.15, 0.2) is 0 Å². The van der Waals surface area contributed by atoms with Crippen LogP contribution in [0.2, 0.25) is 0 Å². The van der Waals surface area contributed by atoms with Gasteiger partial charge in [0.05, 0.1) is 11.6 Å². The van der Waals surface area contributed by atoms with Crippen LogP contribution >= 0.6 is 0 Å². The van der Waals surface area contributed by atoms with Gasteiger partial charge in [0, 0.05) is 0 Å². The summed E-state index contributed by atoms with van der Waals surface area (Å²) in [5.41, 5.74) is 0. The molecule has 1 aromatic carbocycles. The van der Waals surface area contributed by atoms with Crippen molar-refractivity contribution < 1.29 is 12.8 Å². The van der Waals surface area contributed by atoms with Crippen LogP contribution in [0.3, 0.4) is 0 Å². The Bertz CT molecular complexity index is 311. The molecule has 1 rings (SSSR count). The van der Waals surface area contributed by atoms with Crippen LogP contribution in [0, 0.1) is 0 Å². The van der Waals surface area contributed by atoms with Crippen LogP contribution in [0.4, 0.5) is 4.39 Å². The monoisotopic (exact) mass is 214 g/mol. The van der Waals surface area contributed by atoms with E-state index in [2.05, 4.69) is 0 Å². The molecule has 0 aliphatic rings. The normalized spacial score (nSPS) is 12.9. The van der Waals surface area contributed by atoms with Crippen molar-refractivity contribution in [3.05, 3.63) is 42.7 Å². The van der Waals surface area contributed by atoms with E-state index in [0.717, 1.165) is 0 Å². The van der Waals surface area contributed by atoms with Crippen LogP contribution in [0.15, 0.2) is 47.6 Å². The van der Waals surface area contributed by atoms with Gasteiger partial charge in [0.25, 0.3) is 0 Å². The molecule has 0 bridgehead atoms. The zero-order chi connectivity index (χ0) is 10.2. The molecular formula is C10H11FO2S. The lowest BCUT2D eigenvalue weighted by Crippen LogP contribution is -1.91. The first-order valence-electron chi connectivity index (χ1n) is 4.19. The number of rotatable bonds is 5. The van der Waals surface area contributed by atoms with Crippen molar-refractivity contribution >= 4 is 11.1 Å². The second-order valence-corrected chi connectivity index (χ2v) is 3.63. The lowest BCUT2D eigenvalue weighted by atomic mass is 10.4. The first-order chi connectivity index (χ1) is 6.84. The molecule has 2 nitrogen and oxygen atoms in total. The SMILES string of the molecule is O=S(O/C=C\CCF)c1ccccc1. The number of halogens is 1. The van der Waals surface area contributed by atoms with Crippen molar-refractivity contribution in [2.45, 2.75) is 11.3 Å². The van der Waals surface area contributed by atoms with Crippen molar-refractivity contribution in [2.75, 3.05) is 6.67 Å². The second kappa shape index (κ2) is 6.32. The molecule has 0 N–H and O–H groups in total. The van der Waals surface area contributed by atoms with Crippen molar-refractivity contribution in [2.24, 2.45) is 0 Å². The van der Waals surface area contributed by atoms with Gasteiger partial charge in [0.1, 0.15) is 6.26 Å². The summed E-state index contributed by atoms with van der Waals surface area (Å²) in [6, 6.07) is 8.81. The predicted molar refractivity (Wildman–Crippen MR) is 53.7 cm³/mol. The molecule has 0 aromatic heterocycles. The average Bonchev–Trinajstić information content (AvgIpc) is 2.25. The molecule has 1 aromatic rings. The van der Waals surface area contributed by atoms with Crippen molar-refractivity contribution in [3.8, 4) is 0 Å². The lowest BCUT2D eigenvalue weighted by molar-refractivity contribution is 0.483. The quantitative estimate of drug-likeness (QED) is 0.704. The molecule has 0 amide bonds. The Morgan fingerprint density at radius 1 is 1.36 bits per heavy atom. The molecule has 0 spiro atoms. The third-order valence-electron chi connectivity index (χ3n) is 1.45. The fourth-order valence-electron chi connectivity index (χ4n) is 0.808. The summed E-state index contributed by atoms with van der Waals surface area (Å²) in [5, 5.41) is 0. The van der Waals surface area contributed by atoms with Crippen molar-refractivity contribution in [3.63, 3.8) is 0 Å². The first-order valence-corrected chi connectivity index (χ1v) is 5.27. The van der Waals surface area contributed by atoms with E-state index in [0.29, 0.717) is 4.90 Å². The molecule has 76 valence electrons. The van der Waals surface area contributed by atoms with Gasteiger partial charge in [-0.05, 0) is 24.6 Å². The predicted octanol–water partition coefficient (Wildman–Crippen LogP) is 2.60. The molecule has 0 saturated carbocycles. The highest BCUT2D eigenvalue weighted by Gasteiger charge is 2.00. The van der Waals surface area contributed by atoms with Gasteiger partial charge in [-0.15, -0.1) is 0 Å². The molecule has 1 unspecified atom stereocenters. The van der Waals surface area contributed by atoms with Gasteiger partial charge >= 0.3 is 0 Å². The average molecular weight is 214 g/mol. The van der Waals surface area contributed by atoms with Crippen LogP contribution in [0.25, 0.3) is 0 Å². The smallest absolute Gasteiger partial charge is 0.240 e. The lowest BCUT2D eigenvalue weighted by Gasteiger charge is -1.98. The zero-order valence-electron chi connectivity index (χ0n) is 7.56. The molecule has 14 heavy (non-hydrogen) atoms. The van der Waals surface area contributed by atoms with Gasteiger partial charge in [-0.3, -0.25) is 4.39 Å². The Labute approximate surface area is 85.1 Å². The number of allylic oxidation sites excluding steroid dienone is 1. The van der Waals surface area contributed by atoms with E-state index in [1.54, 1.807) is 24.3 Å². The summed E-state index contributed by atoms with van der Waals surface area (Å²) < 4.78 is 27.9. The van der Waals surface area contributed by atoms with E-state index < -0.39 is 17.8 Å². The summed E-state index contributed by atoms with van der Waals surface area (Å²) in [6.45, 7) is -0.433. The molecule has 0 radical (unpaired) electrons. The van der Waals surface area contributed by atoms with Crippen LogP contribution in [-0.2, 0) is 15.3 Å². The van der Waals surface area contributed by atoms with Gasteiger partial charge < -0.3 is 4.18 Å². The molecule has 0 saturated heterocycles. The Hall–Kier alpha value is -1.16. The number of hydrogen-bond acceptors (Lipinski definition) is 2. The molecule has 0 aliphatic carbocycles. The summed E-state index contributed by atoms with van der Waals surface area (Å²) in [5.74, 6) is 0. The number of hydrogen-bond donors (Lipinski definition) is 0. The van der Waals surface area contributed by atoms with Gasteiger partial charge in [0.2, 0.25) is 11.1 Å². The fourth-order valence-corrected chi connectivity index (χ4v) is 1.48. The van der Waals surface area contributed by atoms with E-state index in [1.165, 1.54) is 12.3 Å². The maximum Gasteiger partial charge on any atom is 0.240 e. The highest BCUT2D eigenvalue weighted by atomic mass is 32.2. The Morgan fingerprint density at radius 2 is 2.07 bits per heavy atom. The molecule has 0 heterocycles.